The fourth-order valence-corrected chi connectivity index (χ4v) is 1.91. The molecule has 0 aliphatic heterocycles. The molecule has 122 valence electrons. The summed E-state index contributed by atoms with van der Waals surface area (Å²) in [5.41, 5.74) is -0.347. The van der Waals surface area contributed by atoms with E-state index in [1.54, 1.807) is 39.0 Å². The van der Waals surface area contributed by atoms with Gasteiger partial charge in [-0.3, -0.25) is 4.90 Å². The molecular weight excluding hydrogens is 321 g/mol. The van der Waals surface area contributed by atoms with E-state index in [-0.39, 0.29) is 17.5 Å². The monoisotopic (exact) mass is 337 g/mol. The lowest BCUT2D eigenvalue weighted by Gasteiger charge is -2.26. The third kappa shape index (κ3) is 4.89. The van der Waals surface area contributed by atoms with Crippen LogP contribution < -0.4 is 4.90 Å². The standard InChI is InChI=1S/C16H17ClFN3O2/c1-16(2,3)23-15(22)21(14-9-8-13(17)19-20-14)10-11-6-4-5-7-12(11)18/h4-9H,10H2,1-3H3. The molecule has 7 heteroatoms. The number of halogens is 2. The van der Waals surface area contributed by atoms with Gasteiger partial charge in [0.05, 0.1) is 6.54 Å². The van der Waals surface area contributed by atoms with Crippen LogP contribution in [0, 0.1) is 5.82 Å². The normalized spacial score (nSPS) is 11.2. The fourth-order valence-electron chi connectivity index (χ4n) is 1.81. The molecule has 1 amide bonds. The summed E-state index contributed by atoms with van der Waals surface area (Å²) < 4.78 is 19.3. The number of carbonyl (C=O) groups excluding carboxylic acids is 1. The van der Waals surface area contributed by atoms with Gasteiger partial charge in [-0.2, -0.15) is 0 Å². The van der Waals surface area contributed by atoms with Gasteiger partial charge in [0.1, 0.15) is 11.4 Å². The van der Waals surface area contributed by atoms with E-state index in [9.17, 15) is 9.18 Å². The first-order valence-corrected chi connectivity index (χ1v) is 7.37. The Hall–Kier alpha value is -2.21. The topological polar surface area (TPSA) is 55.3 Å². The Kier molecular flexibility index (Phi) is 5.15. The summed E-state index contributed by atoms with van der Waals surface area (Å²) >= 11 is 5.72. The van der Waals surface area contributed by atoms with Crippen LogP contribution in [-0.2, 0) is 11.3 Å². The van der Waals surface area contributed by atoms with Gasteiger partial charge in [0.15, 0.2) is 11.0 Å². The quantitative estimate of drug-likeness (QED) is 0.841. The van der Waals surface area contributed by atoms with Gasteiger partial charge in [-0.05, 0) is 39.0 Å². The molecular formula is C16H17ClFN3O2. The Labute approximate surface area is 139 Å². The van der Waals surface area contributed by atoms with Crippen LogP contribution in [0.5, 0.6) is 0 Å². The van der Waals surface area contributed by atoms with E-state index in [2.05, 4.69) is 10.2 Å². The van der Waals surface area contributed by atoms with Gasteiger partial charge in [-0.15, -0.1) is 10.2 Å². The molecule has 2 aromatic rings. The largest absolute Gasteiger partial charge is 0.443 e. The van der Waals surface area contributed by atoms with E-state index < -0.39 is 17.5 Å². The number of anilines is 1. The predicted molar refractivity (Wildman–Crippen MR) is 85.9 cm³/mol. The van der Waals surface area contributed by atoms with Crippen LogP contribution in [0.25, 0.3) is 0 Å². The smallest absolute Gasteiger partial charge is 0.416 e. The highest BCUT2D eigenvalue weighted by Gasteiger charge is 2.25. The molecule has 0 radical (unpaired) electrons. The Morgan fingerprint density at radius 1 is 1.22 bits per heavy atom. The maximum absolute atomic E-state index is 13.9. The zero-order valence-corrected chi connectivity index (χ0v) is 13.8. The molecule has 0 N–H and O–H groups in total. The van der Waals surface area contributed by atoms with Crippen molar-refractivity contribution in [3.63, 3.8) is 0 Å². The molecule has 0 bridgehead atoms. The number of nitrogens with zero attached hydrogens (tertiary/aromatic N) is 3. The van der Waals surface area contributed by atoms with Crippen molar-refractivity contribution in [1.29, 1.82) is 0 Å². The Morgan fingerprint density at radius 3 is 2.48 bits per heavy atom. The Bertz CT molecular complexity index is 686. The van der Waals surface area contributed by atoms with Crippen molar-refractivity contribution >= 4 is 23.5 Å². The van der Waals surface area contributed by atoms with Crippen molar-refractivity contribution in [2.45, 2.75) is 32.9 Å². The number of hydrogen-bond acceptors (Lipinski definition) is 4. The highest BCUT2D eigenvalue weighted by molar-refractivity contribution is 6.29. The zero-order valence-electron chi connectivity index (χ0n) is 13.1. The second-order valence-corrected chi connectivity index (χ2v) is 6.26. The van der Waals surface area contributed by atoms with Crippen LogP contribution in [0.3, 0.4) is 0 Å². The number of carbonyl (C=O) groups is 1. The zero-order chi connectivity index (χ0) is 17.0. The number of rotatable bonds is 3. The lowest BCUT2D eigenvalue weighted by atomic mass is 10.2. The van der Waals surface area contributed by atoms with Crippen molar-refractivity contribution in [1.82, 2.24) is 10.2 Å². The van der Waals surface area contributed by atoms with Gasteiger partial charge in [-0.25, -0.2) is 9.18 Å². The first-order chi connectivity index (χ1) is 10.8. The van der Waals surface area contributed by atoms with Crippen molar-refractivity contribution < 1.29 is 13.9 Å². The van der Waals surface area contributed by atoms with E-state index >= 15 is 0 Å². The summed E-state index contributed by atoms with van der Waals surface area (Å²) in [5, 5.41) is 7.79. The van der Waals surface area contributed by atoms with Crippen LogP contribution in [0.2, 0.25) is 5.15 Å². The molecule has 0 aliphatic carbocycles. The average Bonchev–Trinajstić information content (AvgIpc) is 2.46. The summed E-state index contributed by atoms with van der Waals surface area (Å²) in [4.78, 5) is 13.7. The van der Waals surface area contributed by atoms with Gasteiger partial charge in [0.2, 0.25) is 0 Å². The number of amides is 1. The van der Waals surface area contributed by atoms with Crippen molar-refractivity contribution in [2.75, 3.05) is 4.90 Å². The minimum absolute atomic E-state index is 0.0299. The van der Waals surface area contributed by atoms with E-state index in [0.29, 0.717) is 5.56 Å². The van der Waals surface area contributed by atoms with E-state index in [4.69, 9.17) is 16.3 Å². The van der Waals surface area contributed by atoms with Gasteiger partial charge >= 0.3 is 6.09 Å². The van der Waals surface area contributed by atoms with Gasteiger partial charge < -0.3 is 4.74 Å². The third-order valence-electron chi connectivity index (χ3n) is 2.79. The molecule has 0 aliphatic rings. The molecule has 2 rings (SSSR count). The van der Waals surface area contributed by atoms with Gasteiger partial charge in [0, 0.05) is 5.56 Å². The molecule has 1 heterocycles. The van der Waals surface area contributed by atoms with Crippen molar-refractivity contribution in [3.05, 3.63) is 52.9 Å². The second-order valence-electron chi connectivity index (χ2n) is 5.87. The molecule has 5 nitrogen and oxygen atoms in total. The lowest BCUT2D eigenvalue weighted by molar-refractivity contribution is 0.0576. The van der Waals surface area contributed by atoms with Crippen LogP contribution in [0.4, 0.5) is 15.0 Å². The highest BCUT2D eigenvalue weighted by atomic mass is 35.5. The SMILES string of the molecule is CC(C)(C)OC(=O)N(Cc1ccccc1F)c1ccc(Cl)nn1. The number of aromatic nitrogens is 2. The fraction of sp³-hybridized carbons (Fsp3) is 0.312. The first-order valence-electron chi connectivity index (χ1n) is 6.99. The average molecular weight is 338 g/mol. The van der Waals surface area contributed by atoms with Crippen molar-refractivity contribution in [2.24, 2.45) is 0 Å². The molecule has 0 spiro atoms. The summed E-state index contributed by atoms with van der Waals surface area (Å²) in [7, 11) is 0. The minimum Gasteiger partial charge on any atom is -0.443 e. The molecule has 1 aromatic carbocycles. The number of benzene rings is 1. The molecule has 0 atom stereocenters. The van der Waals surface area contributed by atoms with Crippen LogP contribution >= 0.6 is 11.6 Å². The Morgan fingerprint density at radius 2 is 1.91 bits per heavy atom. The summed E-state index contributed by atoms with van der Waals surface area (Å²) in [6.45, 7) is 5.22. The predicted octanol–water partition coefficient (Wildman–Crippen LogP) is 4.21. The maximum atomic E-state index is 13.9. The minimum atomic E-state index is -0.690. The Balaban J connectivity index is 2.33. The summed E-state index contributed by atoms with van der Waals surface area (Å²) in [6.07, 6.45) is -0.641. The summed E-state index contributed by atoms with van der Waals surface area (Å²) in [5.74, 6) is -0.185. The first kappa shape index (κ1) is 17.1. The molecule has 23 heavy (non-hydrogen) atoms. The van der Waals surface area contributed by atoms with E-state index in [1.165, 1.54) is 23.1 Å². The molecule has 0 saturated carbocycles. The lowest BCUT2D eigenvalue weighted by Crippen LogP contribution is -2.37. The number of hydrogen-bond donors (Lipinski definition) is 0. The van der Waals surface area contributed by atoms with E-state index in [0.717, 1.165) is 0 Å². The van der Waals surface area contributed by atoms with E-state index in [1.807, 2.05) is 0 Å². The molecule has 0 unspecified atom stereocenters. The number of ether oxygens (including phenoxy) is 1. The third-order valence-corrected chi connectivity index (χ3v) is 3.00. The molecule has 1 aromatic heterocycles. The molecule has 0 saturated heterocycles. The maximum Gasteiger partial charge on any atom is 0.416 e. The molecule has 0 fully saturated rings. The van der Waals surface area contributed by atoms with Crippen LogP contribution in [0.1, 0.15) is 26.3 Å². The summed E-state index contributed by atoms with van der Waals surface area (Å²) in [6, 6.07) is 9.23. The van der Waals surface area contributed by atoms with Gasteiger partial charge in [-0.1, -0.05) is 29.8 Å². The van der Waals surface area contributed by atoms with Crippen LogP contribution in [0.15, 0.2) is 36.4 Å². The second kappa shape index (κ2) is 6.91. The van der Waals surface area contributed by atoms with Crippen LogP contribution in [-0.4, -0.2) is 21.9 Å². The van der Waals surface area contributed by atoms with Gasteiger partial charge in [0.25, 0.3) is 0 Å². The van der Waals surface area contributed by atoms with Crippen molar-refractivity contribution in [3.8, 4) is 0 Å². The highest BCUT2D eigenvalue weighted by Crippen LogP contribution is 2.20.